The fourth-order valence-electron chi connectivity index (χ4n) is 2.57. The summed E-state index contributed by atoms with van der Waals surface area (Å²) < 4.78 is 12.8. The molecule has 0 bridgehead atoms. The van der Waals surface area contributed by atoms with Crippen LogP contribution in [0.2, 0.25) is 0 Å². The molecule has 0 radical (unpaired) electrons. The highest BCUT2D eigenvalue weighted by Crippen LogP contribution is 2.34. The number of hydrogen-bond acceptors (Lipinski definition) is 4. The lowest BCUT2D eigenvalue weighted by molar-refractivity contribution is 0.174. The van der Waals surface area contributed by atoms with Crippen LogP contribution in [0.3, 0.4) is 0 Å². The standard InChI is InChI=1S/C16H21N3O2/c1-3-12-8-13(4-2)19(18-12)9-14(17)11-5-6-15-16(7-11)21-10-20-15/h5-8,14H,3-4,9-10,17H2,1-2H3. The Hall–Kier alpha value is -2.01. The lowest BCUT2D eigenvalue weighted by Gasteiger charge is -2.14. The van der Waals surface area contributed by atoms with E-state index in [9.17, 15) is 0 Å². The van der Waals surface area contributed by atoms with E-state index in [-0.39, 0.29) is 12.8 Å². The van der Waals surface area contributed by atoms with Crippen molar-refractivity contribution in [3.8, 4) is 11.5 Å². The molecule has 0 fully saturated rings. The molecule has 0 aliphatic carbocycles. The summed E-state index contributed by atoms with van der Waals surface area (Å²) in [5.41, 5.74) is 9.72. The van der Waals surface area contributed by atoms with Gasteiger partial charge in [-0.3, -0.25) is 4.68 Å². The minimum atomic E-state index is -0.116. The van der Waals surface area contributed by atoms with Crippen molar-refractivity contribution in [2.45, 2.75) is 39.3 Å². The summed E-state index contributed by atoms with van der Waals surface area (Å²) in [4.78, 5) is 0. The number of nitrogens with zero attached hydrogens (tertiary/aromatic N) is 2. The fraction of sp³-hybridized carbons (Fsp3) is 0.438. The molecular formula is C16H21N3O2. The summed E-state index contributed by atoms with van der Waals surface area (Å²) in [7, 11) is 0. The van der Waals surface area contributed by atoms with Gasteiger partial charge < -0.3 is 15.2 Å². The van der Waals surface area contributed by atoms with E-state index in [1.54, 1.807) is 0 Å². The van der Waals surface area contributed by atoms with Crippen LogP contribution in [-0.2, 0) is 19.4 Å². The number of nitrogens with two attached hydrogens (primary N) is 1. The van der Waals surface area contributed by atoms with E-state index < -0.39 is 0 Å². The first-order valence-corrected chi connectivity index (χ1v) is 7.42. The Kier molecular flexibility index (Phi) is 3.84. The van der Waals surface area contributed by atoms with Gasteiger partial charge in [0.25, 0.3) is 0 Å². The van der Waals surface area contributed by atoms with Gasteiger partial charge in [-0.2, -0.15) is 5.10 Å². The molecule has 1 aromatic heterocycles. The monoisotopic (exact) mass is 287 g/mol. The molecule has 1 aromatic carbocycles. The van der Waals surface area contributed by atoms with E-state index in [4.69, 9.17) is 15.2 Å². The highest BCUT2D eigenvalue weighted by Gasteiger charge is 2.17. The van der Waals surface area contributed by atoms with Gasteiger partial charge in [0.1, 0.15) is 0 Å². The average molecular weight is 287 g/mol. The number of aryl methyl sites for hydroxylation is 2. The van der Waals surface area contributed by atoms with Crippen molar-refractivity contribution >= 4 is 0 Å². The van der Waals surface area contributed by atoms with Crippen LogP contribution in [0.25, 0.3) is 0 Å². The zero-order chi connectivity index (χ0) is 14.8. The predicted molar refractivity (Wildman–Crippen MR) is 80.5 cm³/mol. The molecule has 1 atom stereocenters. The van der Waals surface area contributed by atoms with E-state index in [0.29, 0.717) is 6.54 Å². The number of rotatable bonds is 5. The molecule has 5 nitrogen and oxygen atoms in total. The molecule has 1 unspecified atom stereocenters. The normalized spacial score (nSPS) is 14.4. The third kappa shape index (κ3) is 2.74. The Morgan fingerprint density at radius 1 is 1.19 bits per heavy atom. The summed E-state index contributed by atoms with van der Waals surface area (Å²) in [6, 6.07) is 7.91. The molecule has 5 heteroatoms. The van der Waals surface area contributed by atoms with Crippen LogP contribution >= 0.6 is 0 Å². The summed E-state index contributed by atoms with van der Waals surface area (Å²) in [6.45, 7) is 5.21. The van der Waals surface area contributed by atoms with Crippen molar-refractivity contribution in [2.75, 3.05) is 6.79 Å². The van der Waals surface area contributed by atoms with Crippen LogP contribution in [0.4, 0.5) is 0 Å². The predicted octanol–water partition coefficient (Wildman–Crippen LogP) is 2.44. The summed E-state index contributed by atoms with van der Waals surface area (Å²) in [5, 5.41) is 4.62. The van der Waals surface area contributed by atoms with Crippen molar-refractivity contribution in [1.82, 2.24) is 9.78 Å². The molecule has 1 aliphatic heterocycles. The summed E-state index contributed by atoms with van der Waals surface area (Å²) in [6.07, 6.45) is 1.90. The van der Waals surface area contributed by atoms with E-state index in [0.717, 1.165) is 35.6 Å². The van der Waals surface area contributed by atoms with E-state index >= 15 is 0 Å². The molecule has 0 amide bonds. The Balaban J connectivity index is 1.79. The smallest absolute Gasteiger partial charge is 0.231 e. The van der Waals surface area contributed by atoms with Crippen LogP contribution in [0, 0.1) is 0 Å². The maximum atomic E-state index is 6.34. The number of hydrogen-bond donors (Lipinski definition) is 1. The second-order valence-corrected chi connectivity index (χ2v) is 5.24. The molecule has 2 aromatic rings. The second kappa shape index (κ2) is 5.77. The van der Waals surface area contributed by atoms with Gasteiger partial charge >= 0.3 is 0 Å². The zero-order valence-corrected chi connectivity index (χ0v) is 12.5. The van der Waals surface area contributed by atoms with Crippen LogP contribution in [0.15, 0.2) is 24.3 Å². The lowest BCUT2D eigenvalue weighted by Crippen LogP contribution is -2.19. The first-order valence-electron chi connectivity index (χ1n) is 7.42. The number of fused-ring (bicyclic) bond motifs is 1. The molecule has 3 rings (SSSR count). The molecule has 0 saturated carbocycles. The zero-order valence-electron chi connectivity index (χ0n) is 12.5. The van der Waals surface area contributed by atoms with Crippen molar-refractivity contribution in [3.05, 3.63) is 41.2 Å². The molecule has 1 aliphatic rings. The average Bonchev–Trinajstić information content (AvgIpc) is 3.12. The van der Waals surface area contributed by atoms with Crippen molar-refractivity contribution in [1.29, 1.82) is 0 Å². The van der Waals surface area contributed by atoms with Crippen LogP contribution in [0.1, 0.15) is 36.8 Å². The Morgan fingerprint density at radius 3 is 2.76 bits per heavy atom. The van der Waals surface area contributed by atoms with E-state index in [1.807, 2.05) is 22.9 Å². The van der Waals surface area contributed by atoms with Gasteiger partial charge in [0.15, 0.2) is 11.5 Å². The van der Waals surface area contributed by atoms with Gasteiger partial charge in [0.2, 0.25) is 6.79 Å². The number of aromatic nitrogens is 2. The molecule has 0 spiro atoms. The molecule has 112 valence electrons. The first kappa shape index (κ1) is 13.9. The Labute approximate surface area is 124 Å². The van der Waals surface area contributed by atoms with Gasteiger partial charge in [-0.15, -0.1) is 0 Å². The quantitative estimate of drug-likeness (QED) is 0.917. The molecule has 2 N–H and O–H groups in total. The minimum absolute atomic E-state index is 0.116. The van der Waals surface area contributed by atoms with Crippen molar-refractivity contribution < 1.29 is 9.47 Å². The highest BCUT2D eigenvalue weighted by atomic mass is 16.7. The fourth-order valence-corrected chi connectivity index (χ4v) is 2.57. The Morgan fingerprint density at radius 2 is 2.00 bits per heavy atom. The second-order valence-electron chi connectivity index (χ2n) is 5.24. The summed E-state index contributed by atoms with van der Waals surface area (Å²) in [5.74, 6) is 1.56. The van der Waals surface area contributed by atoms with Crippen LogP contribution in [-0.4, -0.2) is 16.6 Å². The summed E-state index contributed by atoms with van der Waals surface area (Å²) >= 11 is 0. The number of benzene rings is 1. The third-order valence-electron chi connectivity index (χ3n) is 3.83. The first-order chi connectivity index (χ1) is 10.2. The Bertz CT molecular complexity index is 636. The topological polar surface area (TPSA) is 62.3 Å². The minimum Gasteiger partial charge on any atom is -0.454 e. The van der Waals surface area contributed by atoms with E-state index in [1.165, 1.54) is 5.69 Å². The SMILES string of the molecule is CCc1cc(CC)n(CC(N)c2ccc3c(c2)OCO3)n1. The maximum absolute atomic E-state index is 6.34. The van der Waals surface area contributed by atoms with Crippen LogP contribution in [0.5, 0.6) is 11.5 Å². The highest BCUT2D eigenvalue weighted by molar-refractivity contribution is 5.45. The maximum Gasteiger partial charge on any atom is 0.231 e. The molecule has 2 heterocycles. The van der Waals surface area contributed by atoms with Gasteiger partial charge in [0.05, 0.1) is 12.2 Å². The lowest BCUT2D eigenvalue weighted by atomic mass is 10.1. The van der Waals surface area contributed by atoms with Crippen molar-refractivity contribution in [3.63, 3.8) is 0 Å². The van der Waals surface area contributed by atoms with Crippen molar-refractivity contribution in [2.24, 2.45) is 5.73 Å². The number of ether oxygens (including phenoxy) is 2. The van der Waals surface area contributed by atoms with Gasteiger partial charge in [0, 0.05) is 11.7 Å². The third-order valence-corrected chi connectivity index (χ3v) is 3.83. The van der Waals surface area contributed by atoms with Gasteiger partial charge in [-0.25, -0.2) is 0 Å². The van der Waals surface area contributed by atoms with Gasteiger partial charge in [-0.05, 0) is 36.6 Å². The van der Waals surface area contributed by atoms with Gasteiger partial charge in [-0.1, -0.05) is 19.9 Å². The molecule has 0 saturated heterocycles. The van der Waals surface area contributed by atoms with Crippen LogP contribution < -0.4 is 15.2 Å². The largest absolute Gasteiger partial charge is 0.454 e. The molecule has 21 heavy (non-hydrogen) atoms. The molecular weight excluding hydrogens is 266 g/mol. The van der Waals surface area contributed by atoms with E-state index in [2.05, 4.69) is 25.0 Å².